The molecule has 3 atom stereocenters. The number of pyridine rings is 1. The molecule has 1 amide bonds. The Morgan fingerprint density at radius 1 is 1.52 bits per heavy atom. The number of morpholine rings is 1. The van der Waals surface area contributed by atoms with Crippen molar-refractivity contribution in [1.29, 1.82) is 0 Å². The Bertz CT molecular complexity index is 557. The fourth-order valence-corrected chi connectivity index (χ4v) is 3.29. The topological polar surface area (TPSA) is 60.9 Å². The zero-order valence-corrected chi connectivity index (χ0v) is 13.1. The molecular weight excluding hydrogens is 303 g/mol. The van der Waals surface area contributed by atoms with Crippen molar-refractivity contribution < 1.29 is 23.4 Å². The molecule has 1 saturated carbocycles. The fraction of sp³-hybridized carbons (Fsp3) is 0.625. The molecule has 23 heavy (non-hydrogen) atoms. The molecule has 1 aliphatic heterocycles. The van der Waals surface area contributed by atoms with Crippen LogP contribution in [0.4, 0.5) is 4.39 Å². The van der Waals surface area contributed by atoms with E-state index in [1.54, 1.807) is 7.11 Å². The number of rotatable bonds is 5. The van der Waals surface area contributed by atoms with Crippen LogP contribution >= 0.6 is 0 Å². The largest absolute Gasteiger partial charge is 0.469 e. The van der Waals surface area contributed by atoms with Crippen LogP contribution in [0, 0.1) is 5.82 Å². The van der Waals surface area contributed by atoms with Gasteiger partial charge >= 0.3 is 0 Å². The monoisotopic (exact) mass is 324 g/mol. The summed E-state index contributed by atoms with van der Waals surface area (Å²) in [6, 6.07) is 2.81. The second-order valence-electron chi connectivity index (χ2n) is 5.76. The quantitative estimate of drug-likeness (QED) is 0.819. The van der Waals surface area contributed by atoms with Crippen molar-refractivity contribution in [2.75, 3.05) is 26.9 Å². The Balaban J connectivity index is 1.66. The van der Waals surface area contributed by atoms with E-state index in [1.807, 2.05) is 4.90 Å². The summed E-state index contributed by atoms with van der Waals surface area (Å²) in [5.41, 5.74) is 0. The molecule has 7 heteroatoms. The number of hydrogen-bond donors (Lipinski definition) is 0. The Morgan fingerprint density at radius 3 is 3.17 bits per heavy atom. The number of fused-ring (bicyclic) bond motifs is 1. The van der Waals surface area contributed by atoms with Crippen LogP contribution in [-0.2, 0) is 14.3 Å². The maximum Gasteiger partial charge on any atom is 0.250 e. The molecule has 6 nitrogen and oxygen atoms in total. The molecule has 2 fully saturated rings. The van der Waals surface area contributed by atoms with Gasteiger partial charge in [-0.3, -0.25) is 4.79 Å². The molecule has 0 unspecified atom stereocenters. The summed E-state index contributed by atoms with van der Waals surface area (Å²) >= 11 is 0. The smallest absolute Gasteiger partial charge is 0.250 e. The van der Waals surface area contributed by atoms with Gasteiger partial charge in [-0.15, -0.1) is 0 Å². The first-order valence-electron chi connectivity index (χ1n) is 7.88. The minimum absolute atomic E-state index is 0.00965. The highest BCUT2D eigenvalue weighted by Gasteiger charge is 2.45. The van der Waals surface area contributed by atoms with Gasteiger partial charge < -0.3 is 19.1 Å². The lowest BCUT2D eigenvalue weighted by Crippen LogP contribution is -2.54. The summed E-state index contributed by atoms with van der Waals surface area (Å²) in [5, 5.41) is 0. The van der Waals surface area contributed by atoms with Crippen molar-refractivity contribution in [3.8, 4) is 5.88 Å². The number of aromatic nitrogens is 1. The lowest BCUT2D eigenvalue weighted by Gasteiger charge is -2.39. The average Bonchev–Trinajstić information content (AvgIpc) is 2.98. The number of ether oxygens (including phenoxy) is 3. The molecule has 0 radical (unpaired) electrons. The van der Waals surface area contributed by atoms with Gasteiger partial charge in [0.1, 0.15) is 12.2 Å². The van der Waals surface area contributed by atoms with Gasteiger partial charge in [0.25, 0.3) is 5.88 Å². The lowest BCUT2D eigenvalue weighted by molar-refractivity contribution is -0.148. The van der Waals surface area contributed by atoms with Crippen LogP contribution in [0.3, 0.4) is 0 Å². The SMILES string of the molecule is COCCC(=O)N1CCO[C@H]2[C@@H](Oc3ncccc3F)CC[C@@H]21. The number of nitrogens with zero attached hydrogens (tertiary/aromatic N) is 2. The van der Waals surface area contributed by atoms with E-state index in [0.717, 1.165) is 6.42 Å². The molecule has 2 aliphatic rings. The average molecular weight is 324 g/mol. The molecule has 1 aromatic heterocycles. The number of carbonyl (C=O) groups excluding carboxylic acids is 1. The van der Waals surface area contributed by atoms with Gasteiger partial charge in [0.2, 0.25) is 5.91 Å². The van der Waals surface area contributed by atoms with Crippen molar-refractivity contribution in [3.05, 3.63) is 24.1 Å². The van der Waals surface area contributed by atoms with Gasteiger partial charge in [-0.25, -0.2) is 9.37 Å². The molecule has 1 aromatic rings. The standard InChI is InChI=1S/C16H21FN2O4/c1-21-9-6-14(20)19-8-10-22-15-12(19)4-5-13(15)23-16-11(17)3-2-7-18-16/h2-3,7,12-13,15H,4-6,8-10H2,1H3/t12-,13-,15+/m0/s1. The Kier molecular flexibility index (Phi) is 5.07. The molecule has 1 saturated heterocycles. The molecule has 0 bridgehead atoms. The van der Waals surface area contributed by atoms with E-state index < -0.39 is 5.82 Å². The highest BCUT2D eigenvalue weighted by molar-refractivity contribution is 5.76. The van der Waals surface area contributed by atoms with Crippen molar-refractivity contribution in [2.45, 2.75) is 37.5 Å². The number of amides is 1. The summed E-state index contributed by atoms with van der Waals surface area (Å²) in [7, 11) is 1.58. The first-order valence-corrected chi connectivity index (χ1v) is 7.88. The number of methoxy groups -OCH3 is 1. The molecule has 126 valence electrons. The molecule has 0 spiro atoms. The van der Waals surface area contributed by atoms with Crippen LogP contribution in [-0.4, -0.2) is 60.9 Å². The maximum absolute atomic E-state index is 13.7. The van der Waals surface area contributed by atoms with Crippen molar-refractivity contribution in [3.63, 3.8) is 0 Å². The van der Waals surface area contributed by atoms with E-state index in [4.69, 9.17) is 14.2 Å². The summed E-state index contributed by atoms with van der Waals surface area (Å²) in [6.07, 6.45) is 2.81. The Morgan fingerprint density at radius 2 is 2.39 bits per heavy atom. The molecule has 0 aromatic carbocycles. The van der Waals surface area contributed by atoms with E-state index >= 15 is 0 Å². The highest BCUT2D eigenvalue weighted by atomic mass is 19.1. The van der Waals surface area contributed by atoms with Crippen LogP contribution in [0.2, 0.25) is 0 Å². The van der Waals surface area contributed by atoms with E-state index in [1.165, 1.54) is 18.3 Å². The minimum Gasteiger partial charge on any atom is -0.469 e. The first-order chi connectivity index (χ1) is 11.2. The second kappa shape index (κ2) is 7.23. The van der Waals surface area contributed by atoms with E-state index in [2.05, 4.69) is 4.98 Å². The zero-order valence-electron chi connectivity index (χ0n) is 13.1. The molecule has 0 N–H and O–H groups in total. The van der Waals surface area contributed by atoms with Crippen LogP contribution in [0.1, 0.15) is 19.3 Å². The summed E-state index contributed by atoms with van der Waals surface area (Å²) in [4.78, 5) is 18.1. The van der Waals surface area contributed by atoms with E-state index in [9.17, 15) is 9.18 Å². The fourth-order valence-electron chi connectivity index (χ4n) is 3.29. The molecule has 2 heterocycles. The van der Waals surface area contributed by atoms with Crippen molar-refractivity contribution >= 4 is 5.91 Å². The lowest BCUT2D eigenvalue weighted by atomic mass is 10.1. The predicted molar refractivity (Wildman–Crippen MR) is 79.6 cm³/mol. The van der Waals surface area contributed by atoms with Crippen LogP contribution < -0.4 is 4.74 Å². The predicted octanol–water partition coefficient (Wildman–Crippen LogP) is 1.39. The summed E-state index contributed by atoms with van der Waals surface area (Å²) in [5.74, 6) is -0.431. The third-order valence-corrected chi connectivity index (χ3v) is 4.36. The first kappa shape index (κ1) is 16.1. The molecular formula is C16H21FN2O4. The third-order valence-electron chi connectivity index (χ3n) is 4.36. The minimum atomic E-state index is -0.486. The Hall–Kier alpha value is -1.73. The van der Waals surface area contributed by atoms with Crippen molar-refractivity contribution in [2.24, 2.45) is 0 Å². The van der Waals surface area contributed by atoms with Gasteiger partial charge in [-0.1, -0.05) is 0 Å². The zero-order chi connectivity index (χ0) is 16.2. The third kappa shape index (κ3) is 3.45. The van der Waals surface area contributed by atoms with Gasteiger partial charge in [-0.2, -0.15) is 0 Å². The number of carbonyl (C=O) groups is 1. The van der Waals surface area contributed by atoms with Gasteiger partial charge in [-0.05, 0) is 25.0 Å². The second-order valence-corrected chi connectivity index (χ2v) is 5.76. The maximum atomic E-state index is 13.7. The summed E-state index contributed by atoms with van der Waals surface area (Å²) < 4.78 is 30.2. The van der Waals surface area contributed by atoms with Crippen LogP contribution in [0.15, 0.2) is 18.3 Å². The van der Waals surface area contributed by atoms with E-state index in [0.29, 0.717) is 32.6 Å². The number of halogens is 1. The van der Waals surface area contributed by atoms with Gasteiger partial charge in [0.15, 0.2) is 5.82 Å². The van der Waals surface area contributed by atoms with Gasteiger partial charge in [0, 0.05) is 19.9 Å². The summed E-state index contributed by atoms with van der Waals surface area (Å²) in [6.45, 7) is 1.45. The van der Waals surface area contributed by atoms with Crippen molar-refractivity contribution in [1.82, 2.24) is 9.88 Å². The highest BCUT2D eigenvalue weighted by Crippen LogP contribution is 2.33. The van der Waals surface area contributed by atoms with Crippen LogP contribution in [0.5, 0.6) is 5.88 Å². The normalized spacial score (nSPS) is 26.9. The Labute approximate surface area is 134 Å². The molecule has 3 rings (SSSR count). The molecule has 1 aliphatic carbocycles. The van der Waals surface area contributed by atoms with Crippen LogP contribution in [0.25, 0.3) is 0 Å². The number of hydrogen-bond acceptors (Lipinski definition) is 5. The van der Waals surface area contributed by atoms with Gasteiger partial charge in [0.05, 0.1) is 25.7 Å². The van der Waals surface area contributed by atoms with E-state index in [-0.39, 0.29) is 30.0 Å².